The summed E-state index contributed by atoms with van der Waals surface area (Å²) >= 11 is 0. The Labute approximate surface area is 131 Å². The van der Waals surface area contributed by atoms with E-state index in [4.69, 9.17) is 5.73 Å². The number of primary amides is 1. The Morgan fingerprint density at radius 1 is 1.27 bits per heavy atom. The lowest BCUT2D eigenvalue weighted by atomic mass is 9.95. The topological polar surface area (TPSA) is 124 Å². The van der Waals surface area contributed by atoms with E-state index >= 15 is 0 Å². The quantitative estimate of drug-likeness (QED) is 0.780. The van der Waals surface area contributed by atoms with Gasteiger partial charge in [-0.15, -0.1) is 0 Å². The van der Waals surface area contributed by atoms with Gasteiger partial charge in [-0.25, -0.2) is 4.98 Å². The Balaban J connectivity index is 0.00000242. The number of amides is 1. The van der Waals surface area contributed by atoms with Crippen LogP contribution in [0.4, 0.5) is 11.8 Å². The van der Waals surface area contributed by atoms with Gasteiger partial charge in [-0.1, -0.05) is 19.3 Å². The fraction of sp³-hybridized carbons (Fsp3) is 0.667. The maximum absolute atomic E-state index is 11.5. The van der Waals surface area contributed by atoms with Crippen molar-refractivity contribution < 1.29 is 10.3 Å². The van der Waals surface area contributed by atoms with E-state index < -0.39 is 5.91 Å². The molecule has 0 unspecified atom stereocenters. The second kappa shape index (κ2) is 7.40. The third kappa shape index (κ3) is 5.14. The molecule has 1 aromatic rings. The van der Waals surface area contributed by atoms with Gasteiger partial charge >= 0.3 is 0 Å². The van der Waals surface area contributed by atoms with Crippen LogP contribution in [0.5, 0.6) is 0 Å². The summed E-state index contributed by atoms with van der Waals surface area (Å²) in [4.78, 5) is 20.2. The molecule has 7 heteroatoms. The first-order valence-corrected chi connectivity index (χ1v) is 7.57. The van der Waals surface area contributed by atoms with Crippen LogP contribution in [-0.2, 0) is 0 Å². The molecule has 0 bridgehead atoms. The minimum absolute atomic E-state index is 0. The highest BCUT2D eigenvalue weighted by Crippen LogP contribution is 2.23. The zero-order valence-electron chi connectivity index (χ0n) is 13.6. The van der Waals surface area contributed by atoms with Gasteiger partial charge in [0, 0.05) is 17.8 Å². The first-order valence-electron chi connectivity index (χ1n) is 7.57. The van der Waals surface area contributed by atoms with Crippen molar-refractivity contribution in [2.75, 3.05) is 10.6 Å². The Bertz CT molecular complexity index is 507. The molecule has 1 fully saturated rings. The molecule has 1 heterocycles. The molecule has 0 atom stereocenters. The van der Waals surface area contributed by atoms with Crippen LogP contribution >= 0.6 is 0 Å². The van der Waals surface area contributed by atoms with Gasteiger partial charge in [0.05, 0.1) is 5.56 Å². The van der Waals surface area contributed by atoms with Gasteiger partial charge in [0.1, 0.15) is 5.82 Å². The van der Waals surface area contributed by atoms with Crippen molar-refractivity contribution in [3.63, 3.8) is 0 Å². The van der Waals surface area contributed by atoms with Crippen molar-refractivity contribution in [1.29, 1.82) is 0 Å². The van der Waals surface area contributed by atoms with Gasteiger partial charge in [0.15, 0.2) is 0 Å². The molecule has 22 heavy (non-hydrogen) atoms. The van der Waals surface area contributed by atoms with Gasteiger partial charge in [0.25, 0.3) is 5.91 Å². The summed E-state index contributed by atoms with van der Waals surface area (Å²) in [5.41, 5.74) is 5.62. The predicted octanol–water partition coefficient (Wildman–Crippen LogP) is 1.71. The van der Waals surface area contributed by atoms with Crippen molar-refractivity contribution >= 4 is 17.7 Å². The summed E-state index contributed by atoms with van der Waals surface area (Å²) < 4.78 is 0. The van der Waals surface area contributed by atoms with E-state index in [0.717, 1.165) is 12.8 Å². The molecular weight excluding hydrogens is 282 g/mol. The van der Waals surface area contributed by atoms with Crippen molar-refractivity contribution in [3.05, 3.63) is 11.8 Å². The van der Waals surface area contributed by atoms with Gasteiger partial charge in [0.2, 0.25) is 5.95 Å². The van der Waals surface area contributed by atoms with Crippen molar-refractivity contribution in [3.8, 4) is 0 Å². The van der Waals surface area contributed by atoms with E-state index in [2.05, 4.69) is 20.6 Å². The number of hydrogen-bond donors (Lipinski definition) is 3. The number of anilines is 2. The average molecular weight is 309 g/mol. The van der Waals surface area contributed by atoms with E-state index in [1.165, 1.54) is 25.5 Å². The van der Waals surface area contributed by atoms with Crippen molar-refractivity contribution in [2.24, 2.45) is 5.73 Å². The predicted molar refractivity (Wildman–Crippen MR) is 88.0 cm³/mol. The molecule has 2 rings (SSSR count). The average Bonchev–Trinajstić information content (AvgIpc) is 2.37. The van der Waals surface area contributed by atoms with Crippen LogP contribution in [0.25, 0.3) is 0 Å². The number of rotatable bonds is 4. The van der Waals surface area contributed by atoms with E-state index in [9.17, 15) is 4.79 Å². The summed E-state index contributed by atoms with van der Waals surface area (Å²) in [7, 11) is 0. The third-order valence-corrected chi connectivity index (χ3v) is 3.49. The molecule has 1 aromatic heterocycles. The van der Waals surface area contributed by atoms with Crippen LogP contribution in [0.15, 0.2) is 6.20 Å². The standard InChI is InChI=1S/C15H25N5O.H2O/c1-15(2,3)20-14-17-9-11(12(16)21)13(19-14)18-10-7-5-4-6-8-10;/h9-10H,4-8H2,1-3H3,(H2,16,21)(H2,17,18,19,20);1H2. The zero-order valence-corrected chi connectivity index (χ0v) is 13.6. The normalized spacial score (nSPS) is 15.8. The second-order valence-corrected chi connectivity index (χ2v) is 6.67. The lowest BCUT2D eigenvalue weighted by Gasteiger charge is -2.25. The van der Waals surface area contributed by atoms with Gasteiger partial charge in [-0.05, 0) is 33.6 Å². The molecule has 1 saturated carbocycles. The van der Waals surface area contributed by atoms with E-state index in [-0.39, 0.29) is 11.0 Å². The first-order chi connectivity index (χ1) is 9.85. The maximum atomic E-state index is 11.5. The molecule has 0 spiro atoms. The summed E-state index contributed by atoms with van der Waals surface area (Å²) in [5.74, 6) is 0.539. The molecule has 0 aliphatic heterocycles. The van der Waals surface area contributed by atoms with Crippen molar-refractivity contribution in [1.82, 2.24) is 9.97 Å². The summed E-state index contributed by atoms with van der Waals surface area (Å²) in [6.45, 7) is 6.10. The molecule has 0 aromatic carbocycles. The van der Waals surface area contributed by atoms with Crippen LogP contribution in [0.2, 0.25) is 0 Å². The Morgan fingerprint density at radius 3 is 2.45 bits per heavy atom. The lowest BCUT2D eigenvalue weighted by Crippen LogP contribution is -2.29. The number of nitrogens with zero attached hydrogens (tertiary/aromatic N) is 2. The Kier molecular flexibility index (Phi) is 6.11. The zero-order chi connectivity index (χ0) is 15.5. The summed E-state index contributed by atoms with van der Waals surface area (Å²) in [5, 5.41) is 6.58. The van der Waals surface area contributed by atoms with Crippen molar-refractivity contribution in [2.45, 2.75) is 64.5 Å². The number of carbonyl (C=O) groups excluding carboxylic acids is 1. The molecule has 7 nitrogen and oxygen atoms in total. The number of carbonyl (C=O) groups is 1. The number of aromatic nitrogens is 2. The molecule has 0 saturated heterocycles. The fourth-order valence-corrected chi connectivity index (χ4v) is 2.51. The SMILES string of the molecule is CC(C)(C)Nc1ncc(C(N)=O)c(NC2CCCCC2)n1.O. The van der Waals surface area contributed by atoms with Crippen LogP contribution in [0.1, 0.15) is 63.2 Å². The Morgan fingerprint density at radius 2 is 1.91 bits per heavy atom. The minimum atomic E-state index is -0.504. The molecule has 0 radical (unpaired) electrons. The van der Waals surface area contributed by atoms with Gasteiger partial charge < -0.3 is 21.8 Å². The van der Waals surface area contributed by atoms with E-state index in [1.807, 2.05) is 20.8 Å². The summed E-state index contributed by atoms with van der Waals surface area (Å²) in [6.07, 6.45) is 7.40. The van der Waals surface area contributed by atoms with E-state index in [0.29, 0.717) is 23.4 Å². The smallest absolute Gasteiger partial charge is 0.254 e. The third-order valence-electron chi connectivity index (χ3n) is 3.49. The minimum Gasteiger partial charge on any atom is -0.412 e. The second-order valence-electron chi connectivity index (χ2n) is 6.67. The highest BCUT2D eigenvalue weighted by Gasteiger charge is 2.19. The number of nitrogens with two attached hydrogens (primary N) is 1. The Hall–Kier alpha value is -1.89. The molecule has 6 N–H and O–H groups in total. The van der Waals surface area contributed by atoms with Gasteiger partial charge in [-0.2, -0.15) is 4.98 Å². The molecule has 1 aliphatic rings. The number of nitrogens with one attached hydrogen (secondary N) is 2. The molecular formula is C15H27N5O2. The van der Waals surface area contributed by atoms with Crippen LogP contribution in [-0.4, -0.2) is 32.9 Å². The molecule has 1 amide bonds. The lowest BCUT2D eigenvalue weighted by molar-refractivity contribution is 0.100. The maximum Gasteiger partial charge on any atom is 0.254 e. The highest BCUT2D eigenvalue weighted by atomic mass is 16.1. The van der Waals surface area contributed by atoms with Crippen LogP contribution < -0.4 is 16.4 Å². The van der Waals surface area contributed by atoms with Crippen LogP contribution in [0.3, 0.4) is 0 Å². The number of hydrogen-bond acceptors (Lipinski definition) is 5. The summed E-state index contributed by atoms with van der Waals surface area (Å²) in [6, 6.07) is 0.356. The highest BCUT2D eigenvalue weighted by molar-refractivity contribution is 5.97. The monoisotopic (exact) mass is 309 g/mol. The van der Waals surface area contributed by atoms with Gasteiger partial charge in [-0.3, -0.25) is 4.79 Å². The largest absolute Gasteiger partial charge is 0.412 e. The first kappa shape index (κ1) is 18.2. The van der Waals surface area contributed by atoms with Crippen LogP contribution in [0, 0.1) is 0 Å². The molecule has 1 aliphatic carbocycles. The molecule has 124 valence electrons. The fourth-order valence-electron chi connectivity index (χ4n) is 2.51. The van der Waals surface area contributed by atoms with E-state index in [1.54, 1.807) is 0 Å².